The lowest BCUT2D eigenvalue weighted by molar-refractivity contribution is 0.504. The molecule has 0 atom stereocenters. The highest BCUT2D eigenvalue weighted by atomic mass is 35.5. The Bertz CT molecular complexity index is 958. The molecule has 1 aromatic carbocycles. The van der Waals surface area contributed by atoms with Gasteiger partial charge in [0.2, 0.25) is 0 Å². The molecule has 1 aliphatic carbocycles. The van der Waals surface area contributed by atoms with Crippen LogP contribution >= 0.6 is 11.6 Å². The van der Waals surface area contributed by atoms with Crippen molar-refractivity contribution in [2.45, 2.75) is 38.0 Å². The van der Waals surface area contributed by atoms with Crippen molar-refractivity contribution >= 4 is 22.9 Å². The summed E-state index contributed by atoms with van der Waals surface area (Å²) in [6, 6.07) is 6.88. The Morgan fingerprint density at radius 3 is 2.48 bits per heavy atom. The van der Waals surface area contributed by atoms with Gasteiger partial charge in [0, 0.05) is 19.5 Å². The third-order valence-electron chi connectivity index (χ3n) is 5.77. The molecule has 5 rings (SSSR count). The largest absolute Gasteiger partial charge is 0.369 e. The third kappa shape index (κ3) is 3.27. The van der Waals surface area contributed by atoms with E-state index in [-0.39, 0.29) is 5.82 Å². The molecule has 1 saturated carbocycles. The van der Waals surface area contributed by atoms with Crippen molar-refractivity contribution in [2.75, 3.05) is 18.0 Å². The Labute approximate surface area is 162 Å². The fourth-order valence-corrected chi connectivity index (χ4v) is 4.26. The van der Waals surface area contributed by atoms with E-state index in [2.05, 4.69) is 20.2 Å². The third-order valence-corrected chi connectivity index (χ3v) is 6.13. The van der Waals surface area contributed by atoms with Crippen LogP contribution in [0.15, 0.2) is 30.5 Å². The minimum Gasteiger partial charge on any atom is -0.369 e. The number of piperidine rings is 1. The van der Waals surface area contributed by atoms with E-state index in [0.717, 1.165) is 49.8 Å². The summed E-state index contributed by atoms with van der Waals surface area (Å²) in [7, 11) is 0. The van der Waals surface area contributed by atoms with Crippen LogP contribution in [0.2, 0.25) is 5.02 Å². The maximum atomic E-state index is 13.1. The molecule has 0 unspecified atom stereocenters. The van der Waals surface area contributed by atoms with E-state index in [0.29, 0.717) is 16.6 Å². The minimum atomic E-state index is -0.184. The van der Waals surface area contributed by atoms with Crippen LogP contribution in [-0.4, -0.2) is 32.9 Å². The number of anilines is 1. The predicted molar refractivity (Wildman–Crippen MR) is 103 cm³/mol. The molecule has 0 amide bonds. The van der Waals surface area contributed by atoms with Crippen molar-refractivity contribution in [1.29, 1.82) is 0 Å². The fraction of sp³-hybridized carbons (Fsp3) is 0.450. The molecule has 3 heterocycles. The summed E-state index contributed by atoms with van der Waals surface area (Å²) in [5, 5.41) is 13.8. The molecular weight excluding hydrogens is 365 g/mol. The quantitative estimate of drug-likeness (QED) is 0.673. The molecule has 0 N–H and O–H groups in total. The van der Waals surface area contributed by atoms with Gasteiger partial charge in [-0.25, -0.2) is 4.39 Å². The van der Waals surface area contributed by atoms with E-state index in [4.69, 9.17) is 11.6 Å². The van der Waals surface area contributed by atoms with Crippen LogP contribution in [0.25, 0.3) is 5.65 Å². The van der Waals surface area contributed by atoms with Crippen molar-refractivity contribution in [3.8, 4) is 0 Å². The average molecular weight is 386 g/mol. The molecule has 27 heavy (non-hydrogen) atoms. The molecule has 2 aliphatic rings. The van der Waals surface area contributed by atoms with Gasteiger partial charge in [0.1, 0.15) is 10.8 Å². The van der Waals surface area contributed by atoms with E-state index in [1.165, 1.54) is 18.4 Å². The van der Waals surface area contributed by atoms with Gasteiger partial charge in [-0.15, -0.1) is 10.2 Å². The Hall–Kier alpha value is -2.21. The molecule has 2 fully saturated rings. The van der Waals surface area contributed by atoms with Crippen molar-refractivity contribution < 1.29 is 4.39 Å². The SMILES string of the molecule is Fc1ccc(C2CCN(c3cnn4c(CC5CC5)nnc4c3Cl)CC2)cc1. The highest BCUT2D eigenvalue weighted by Gasteiger charge is 2.27. The number of hydrogen-bond acceptors (Lipinski definition) is 4. The highest BCUT2D eigenvalue weighted by molar-refractivity contribution is 6.36. The van der Waals surface area contributed by atoms with Gasteiger partial charge in [-0.3, -0.25) is 0 Å². The zero-order valence-electron chi connectivity index (χ0n) is 15.0. The molecule has 5 nitrogen and oxygen atoms in total. The summed E-state index contributed by atoms with van der Waals surface area (Å²) >= 11 is 6.66. The van der Waals surface area contributed by atoms with Crippen LogP contribution in [0.4, 0.5) is 10.1 Å². The number of fused-ring (bicyclic) bond motifs is 1. The molecular formula is C20H21ClFN5. The van der Waals surface area contributed by atoms with Gasteiger partial charge in [-0.1, -0.05) is 23.7 Å². The Morgan fingerprint density at radius 2 is 1.78 bits per heavy atom. The second-order valence-corrected chi connectivity index (χ2v) is 8.03. The van der Waals surface area contributed by atoms with Crippen molar-refractivity contribution in [3.05, 3.63) is 52.7 Å². The summed E-state index contributed by atoms with van der Waals surface area (Å²) in [5.41, 5.74) is 2.77. The lowest BCUT2D eigenvalue weighted by atomic mass is 9.89. The fourth-order valence-electron chi connectivity index (χ4n) is 3.97. The average Bonchev–Trinajstić information content (AvgIpc) is 3.42. The summed E-state index contributed by atoms with van der Waals surface area (Å²) in [5.74, 6) is 1.89. The predicted octanol–water partition coefficient (Wildman–Crippen LogP) is 4.25. The summed E-state index contributed by atoms with van der Waals surface area (Å²) < 4.78 is 14.9. The van der Waals surface area contributed by atoms with E-state index >= 15 is 0 Å². The standard InChI is InChI=1S/C20H21ClFN5/c21-19-17(12-23-27-18(11-13-1-2-13)24-25-20(19)27)26-9-7-15(8-10-26)14-3-5-16(22)6-4-14/h3-6,12-13,15H,1-2,7-11H2. The Morgan fingerprint density at radius 1 is 1.04 bits per heavy atom. The molecule has 0 bridgehead atoms. The van der Waals surface area contributed by atoms with Crippen LogP contribution in [0.3, 0.4) is 0 Å². The molecule has 140 valence electrons. The van der Waals surface area contributed by atoms with Gasteiger partial charge in [0.05, 0.1) is 11.9 Å². The first-order valence-electron chi connectivity index (χ1n) is 9.58. The van der Waals surface area contributed by atoms with E-state index < -0.39 is 0 Å². The lowest BCUT2D eigenvalue weighted by Gasteiger charge is -2.34. The van der Waals surface area contributed by atoms with Gasteiger partial charge >= 0.3 is 0 Å². The first-order chi connectivity index (χ1) is 13.2. The molecule has 0 spiro atoms. The summed E-state index contributed by atoms with van der Waals surface area (Å²) in [6.07, 6.45) is 7.31. The zero-order valence-corrected chi connectivity index (χ0v) is 15.7. The second kappa shape index (κ2) is 6.75. The lowest BCUT2D eigenvalue weighted by Crippen LogP contribution is -2.33. The number of rotatable bonds is 4. The number of hydrogen-bond donors (Lipinski definition) is 0. The summed E-state index contributed by atoms with van der Waals surface area (Å²) in [6.45, 7) is 1.78. The normalized spacial score (nSPS) is 18.4. The van der Waals surface area contributed by atoms with Crippen LogP contribution < -0.4 is 4.90 Å². The molecule has 2 aromatic heterocycles. The number of benzene rings is 1. The maximum absolute atomic E-state index is 13.1. The smallest absolute Gasteiger partial charge is 0.198 e. The van der Waals surface area contributed by atoms with Gasteiger partial charge in [-0.05, 0) is 55.2 Å². The van der Waals surface area contributed by atoms with E-state index in [1.807, 2.05) is 18.3 Å². The molecule has 0 radical (unpaired) electrons. The second-order valence-electron chi connectivity index (χ2n) is 7.66. The first kappa shape index (κ1) is 16.9. The first-order valence-corrected chi connectivity index (χ1v) is 9.96. The molecule has 1 aliphatic heterocycles. The van der Waals surface area contributed by atoms with E-state index in [9.17, 15) is 4.39 Å². The van der Waals surface area contributed by atoms with Crippen molar-refractivity contribution in [1.82, 2.24) is 19.8 Å². The van der Waals surface area contributed by atoms with E-state index in [1.54, 1.807) is 16.6 Å². The van der Waals surface area contributed by atoms with Gasteiger partial charge < -0.3 is 4.90 Å². The topological polar surface area (TPSA) is 46.3 Å². The Balaban J connectivity index is 1.33. The molecule has 3 aromatic rings. The molecule has 7 heteroatoms. The van der Waals surface area contributed by atoms with Crippen LogP contribution in [0, 0.1) is 11.7 Å². The van der Waals surface area contributed by atoms with Gasteiger partial charge in [0.15, 0.2) is 11.5 Å². The van der Waals surface area contributed by atoms with Gasteiger partial charge in [0.25, 0.3) is 0 Å². The minimum absolute atomic E-state index is 0.184. The number of halogens is 2. The maximum Gasteiger partial charge on any atom is 0.198 e. The zero-order chi connectivity index (χ0) is 18.4. The number of nitrogens with zero attached hydrogens (tertiary/aromatic N) is 5. The summed E-state index contributed by atoms with van der Waals surface area (Å²) in [4.78, 5) is 2.27. The van der Waals surface area contributed by atoms with Gasteiger partial charge in [-0.2, -0.15) is 9.61 Å². The highest BCUT2D eigenvalue weighted by Crippen LogP contribution is 2.36. The van der Waals surface area contributed by atoms with Crippen molar-refractivity contribution in [2.24, 2.45) is 5.92 Å². The molecule has 1 saturated heterocycles. The van der Waals surface area contributed by atoms with Crippen LogP contribution in [0.1, 0.15) is 43.0 Å². The number of aromatic nitrogens is 4. The van der Waals surface area contributed by atoms with Crippen molar-refractivity contribution in [3.63, 3.8) is 0 Å². The monoisotopic (exact) mass is 385 g/mol. The Kier molecular flexibility index (Phi) is 4.23. The van der Waals surface area contributed by atoms with Crippen LogP contribution in [-0.2, 0) is 6.42 Å². The van der Waals surface area contributed by atoms with Crippen LogP contribution in [0.5, 0.6) is 0 Å².